The van der Waals surface area contributed by atoms with Crippen molar-refractivity contribution in [3.05, 3.63) is 41.7 Å². The van der Waals surface area contributed by atoms with Crippen LogP contribution in [0.15, 0.2) is 30.3 Å². The maximum absolute atomic E-state index is 11.9. The molecule has 3 N–H and O–H groups in total. The molecule has 1 aromatic carbocycles. The Labute approximate surface area is 118 Å². The number of nitrogens with zero attached hydrogens (tertiary/aromatic N) is 2. The first kappa shape index (κ1) is 14.3. The Hall–Kier alpha value is -2.14. The zero-order chi connectivity index (χ0) is 14.9. The minimum Gasteiger partial charge on any atom is -0.324 e. The van der Waals surface area contributed by atoms with Crippen molar-refractivity contribution in [1.82, 2.24) is 9.78 Å². The summed E-state index contributed by atoms with van der Waals surface area (Å²) in [7, 11) is 0. The molecule has 0 radical (unpaired) electrons. The summed E-state index contributed by atoms with van der Waals surface area (Å²) < 4.78 is 1.85. The number of nitrogens with two attached hydrogens (primary N) is 1. The molecule has 0 aliphatic carbocycles. The summed E-state index contributed by atoms with van der Waals surface area (Å²) in [6, 6.07) is 9.55. The number of aryl methyl sites for hydroxylation is 2. The van der Waals surface area contributed by atoms with Gasteiger partial charge in [0.1, 0.15) is 0 Å². The van der Waals surface area contributed by atoms with Crippen LogP contribution in [0.4, 0.5) is 5.69 Å². The van der Waals surface area contributed by atoms with Crippen LogP contribution in [0.2, 0.25) is 0 Å². The molecule has 2 aromatic rings. The van der Waals surface area contributed by atoms with E-state index < -0.39 is 5.54 Å². The molecular weight excluding hydrogens is 252 g/mol. The highest BCUT2D eigenvalue weighted by atomic mass is 16.2. The molecule has 106 valence electrons. The SMILES string of the molecule is Cc1cc(C)n(-c2cccc(NC(=O)C(C)(C)N)c2)n1. The van der Waals surface area contributed by atoms with E-state index in [0.29, 0.717) is 5.69 Å². The van der Waals surface area contributed by atoms with Gasteiger partial charge in [-0.2, -0.15) is 5.10 Å². The van der Waals surface area contributed by atoms with Crippen LogP contribution in [0.5, 0.6) is 0 Å². The molecule has 0 aliphatic rings. The molecule has 0 saturated carbocycles. The number of hydrogen-bond donors (Lipinski definition) is 2. The summed E-state index contributed by atoms with van der Waals surface area (Å²) in [4.78, 5) is 11.9. The molecule has 5 nitrogen and oxygen atoms in total. The van der Waals surface area contributed by atoms with Gasteiger partial charge in [-0.1, -0.05) is 6.07 Å². The average Bonchev–Trinajstić information content (AvgIpc) is 2.67. The van der Waals surface area contributed by atoms with Crippen molar-refractivity contribution in [3.8, 4) is 5.69 Å². The van der Waals surface area contributed by atoms with Crippen LogP contribution in [0.3, 0.4) is 0 Å². The Morgan fingerprint density at radius 2 is 2.00 bits per heavy atom. The van der Waals surface area contributed by atoms with E-state index in [1.165, 1.54) is 0 Å². The minimum atomic E-state index is -0.909. The summed E-state index contributed by atoms with van der Waals surface area (Å²) in [6.45, 7) is 7.29. The molecule has 1 amide bonds. The maximum Gasteiger partial charge on any atom is 0.243 e. The van der Waals surface area contributed by atoms with Gasteiger partial charge in [0.05, 0.1) is 16.9 Å². The van der Waals surface area contributed by atoms with Crippen LogP contribution in [-0.2, 0) is 4.79 Å². The summed E-state index contributed by atoms with van der Waals surface area (Å²) in [5.41, 5.74) is 8.48. The fourth-order valence-corrected chi connectivity index (χ4v) is 1.90. The van der Waals surface area contributed by atoms with Crippen molar-refractivity contribution in [2.24, 2.45) is 5.73 Å². The number of benzene rings is 1. The van der Waals surface area contributed by atoms with E-state index in [1.807, 2.05) is 48.9 Å². The van der Waals surface area contributed by atoms with Crippen LogP contribution >= 0.6 is 0 Å². The highest BCUT2D eigenvalue weighted by molar-refractivity contribution is 5.97. The molecule has 20 heavy (non-hydrogen) atoms. The van der Waals surface area contributed by atoms with Gasteiger partial charge in [0.2, 0.25) is 5.91 Å². The lowest BCUT2D eigenvalue weighted by Gasteiger charge is -2.18. The molecule has 0 unspecified atom stereocenters. The van der Waals surface area contributed by atoms with E-state index in [0.717, 1.165) is 17.1 Å². The van der Waals surface area contributed by atoms with Crippen molar-refractivity contribution in [1.29, 1.82) is 0 Å². The normalized spacial score (nSPS) is 11.4. The third-order valence-corrected chi connectivity index (χ3v) is 2.94. The highest BCUT2D eigenvalue weighted by Gasteiger charge is 2.21. The van der Waals surface area contributed by atoms with Gasteiger partial charge in [-0.25, -0.2) is 4.68 Å². The van der Waals surface area contributed by atoms with Gasteiger partial charge in [0, 0.05) is 11.4 Å². The van der Waals surface area contributed by atoms with Crippen LogP contribution in [0.25, 0.3) is 5.69 Å². The number of rotatable bonds is 3. The highest BCUT2D eigenvalue weighted by Crippen LogP contribution is 2.17. The molecule has 0 saturated heterocycles. The van der Waals surface area contributed by atoms with E-state index in [1.54, 1.807) is 13.8 Å². The molecule has 0 spiro atoms. The van der Waals surface area contributed by atoms with Gasteiger partial charge >= 0.3 is 0 Å². The van der Waals surface area contributed by atoms with Gasteiger partial charge in [-0.05, 0) is 52.0 Å². The average molecular weight is 272 g/mol. The third kappa shape index (κ3) is 3.05. The Morgan fingerprint density at radius 3 is 2.55 bits per heavy atom. The zero-order valence-electron chi connectivity index (χ0n) is 12.3. The smallest absolute Gasteiger partial charge is 0.243 e. The van der Waals surface area contributed by atoms with Gasteiger partial charge in [-0.15, -0.1) is 0 Å². The maximum atomic E-state index is 11.9. The molecule has 0 aliphatic heterocycles. The van der Waals surface area contributed by atoms with Crippen molar-refractivity contribution in [2.75, 3.05) is 5.32 Å². The van der Waals surface area contributed by atoms with E-state index in [9.17, 15) is 4.79 Å². The lowest BCUT2D eigenvalue weighted by Crippen LogP contribution is -2.45. The van der Waals surface area contributed by atoms with Gasteiger partial charge in [0.25, 0.3) is 0 Å². The minimum absolute atomic E-state index is 0.219. The molecule has 0 bridgehead atoms. The van der Waals surface area contributed by atoms with Crippen LogP contribution in [-0.4, -0.2) is 21.2 Å². The van der Waals surface area contributed by atoms with E-state index in [2.05, 4.69) is 10.4 Å². The second-order valence-corrected chi connectivity index (χ2v) is 5.57. The molecule has 0 atom stereocenters. The lowest BCUT2D eigenvalue weighted by molar-refractivity contribution is -0.120. The molecule has 2 rings (SSSR count). The number of aromatic nitrogens is 2. The predicted octanol–water partition coefficient (Wildman–Crippen LogP) is 2.16. The Bertz CT molecular complexity index is 638. The van der Waals surface area contributed by atoms with Gasteiger partial charge in [0.15, 0.2) is 0 Å². The van der Waals surface area contributed by atoms with Crippen molar-refractivity contribution in [2.45, 2.75) is 33.2 Å². The first-order valence-electron chi connectivity index (χ1n) is 6.51. The second kappa shape index (κ2) is 5.09. The Balaban J connectivity index is 2.29. The van der Waals surface area contributed by atoms with Crippen molar-refractivity contribution < 1.29 is 4.79 Å². The van der Waals surface area contributed by atoms with Crippen LogP contribution in [0, 0.1) is 13.8 Å². The number of amides is 1. The van der Waals surface area contributed by atoms with E-state index in [4.69, 9.17) is 5.73 Å². The van der Waals surface area contributed by atoms with Gasteiger partial charge in [-0.3, -0.25) is 4.79 Å². The fraction of sp³-hybridized carbons (Fsp3) is 0.333. The van der Waals surface area contributed by atoms with Crippen molar-refractivity contribution in [3.63, 3.8) is 0 Å². The first-order valence-corrected chi connectivity index (χ1v) is 6.51. The molecule has 5 heteroatoms. The Kier molecular flexibility index (Phi) is 3.63. The van der Waals surface area contributed by atoms with Gasteiger partial charge < -0.3 is 11.1 Å². The predicted molar refractivity (Wildman–Crippen MR) is 79.9 cm³/mol. The number of nitrogens with one attached hydrogen (secondary N) is 1. The molecule has 0 fully saturated rings. The van der Waals surface area contributed by atoms with E-state index >= 15 is 0 Å². The molecule has 1 aromatic heterocycles. The first-order chi connectivity index (χ1) is 9.27. The summed E-state index contributed by atoms with van der Waals surface area (Å²) in [6.07, 6.45) is 0. The van der Waals surface area contributed by atoms with E-state index in [-0.39, 0.29) is 5.91 Å². The Morgan fingerprint density at radius 1 is 1.30 bits per heavy atom. The third-order valence-electron chi connectivity index (χ3n) is 2.94. The molecule has 1 heterocycles. The molecular formula is C15H20N4O. The standard InChI is InChI=1S/C15H20N4O/c1-10-8-11(2)19(18-10)13-7-5-6-12(9-13)17-14(20)15(3,4)16/h5-9H,16H2,1-4H3,(H,17,20). The quantitative estimate of drug-likeness (QED) is 0.899. The zero-order valence-corrected chi connectivity index (χ0v) is 12.3. The van der Waals surface area contributed by atoms with Crippen LogP contribution in [0.1, 0.15) is 25.2 Å². The van der Waals surface area contributed by atoms with Crippen molar-refractivity contribution >= 4 is 11.6 Å². The number of carbonyl (C=O) groups is 1. The summed E-state index contributed by atoms with van der Waals surface area (Å²) >= 11 is 0. The number of hydrogen-bond acceptors (Lipinski definition) is 3. The number of carbonyl (C=O) groups excluding carboxylic acids is 1. The number of anilines is 1. The monoisotopic (exact) mass is 272 g/mol. The topological polar surface area (TPSA) is 72.9 Å². The largest absolute Gasteiger partial charge is 0.324 e. The second-order valence-electron chi connectivity index (χ2n) is 5.57. The van der Waals surface area contributed by atoms with Crippen LogP contribution < -0.4 is 11.1 Å². The summed E-state index contributed by atoms with van der Waals surface area (Å²) in [5.74, 6) is -0.219. The summed E-state index contributed by atoms with van der Waals surface area (Å²) in [5, 5.41) is 7.24. The lowest BCUT2D eigenvalue weighted by atomic mass is 10.1. The fourth-order valence-electron chi connectivity index (χ4n) is 1.90.